The molecule has 0 aromatic heterocycles. The fraction of sp³-hybridized carbons (Fsp3) is 1.00. The molecule has 6 heteroatoms. The first-order valence-electron chi connectivity index (χ1n) is 5.27. The minimum atomic E-state index is -3.09. The number of nitrogens with one attached hydrogen (secondary N) is 1. The second kappa shape index (κ2) is 5.79. The van der Waals surface area contributed by atoms with Crippen LogP contribution in [0.3, 0.4) is 0 Å². The molecule has 5 nitrogen and oxygen atoms in total. The third-order valence-corrected chi connectivity index (χ3v) is 4.61. The summed E-state index contributed by atoms with van der Waals surface area (Å²) in [6.07, 6.45) is 0.565. The van der Waals surface area contributed by atoms with Gasteiger partial charge in [-0.15, -0.1) is 0 Å². The van der Waals surface area contributed by atoms with Crippen LogP contribution < -0.4 is 5.32 Å². The predicted molar refractivity (Wildman–Crippen MR) is 59.3 cm³/mol. The van der Waals surface area contributed by atoms with E-state index >= 15 is 0 Å². The van der Waals surface area contributed by atoms with Gasteiger partial charge in [-0.3, -0.25) is 0 Å². The summed E-state index contributed by atoms with van der Waals surface area (Å²) in [5.74, 6) is 0.186. The average molecular weight is 236 g/mol. The molecular formula is C9H20N2O3S. The SMILES string of the molecule is COCCCS(=O)(=O)N1CCNC[C@@H]1C. The fourth-order valence-electron chi connectivity index (χ4n) is 1.74. The number of sulfonamides is 1. The minimum absolute atomic E-state index is 0.0614. The van der Waals surface area contributed by atoms with Crippen LogP contribution in [0.15, 0.2) is 0 Å². The van der Waals surface area contributed by atoms with Crippen molar-refractivity contribution in [2.24, 2.45) is 0 Å². The smallest absolute Gasteiger partial charge is 0.214 e. The molecule has 0 aromatic carbocycles. The van der Waals surface area contributed by atoms with Gasteiger partial charge in [0.15, 0.2) is 0 Å². The molecule has 0 unspecified atom stereocenters. The highest BCUT2D eigenvalue weighted by Gasteiger charge is 2.28. The number of methoxy groups -OCH3 is 1. The number of rotatable bonds is 5. The van der Waals surface area contributed by atoms with Gasteiger partial charge in [-0.1, -0.05) is 0 Å². The van der Waals surface area contributed by atoms with Crippen LogP contribution in [-0.2, 0) is 14.8 Å². The molecule has 0 spiro atoms. The number of hydrogen-bond acceptors (Lipinski definition) is 4. The Morgan fingerprint density at radius 1 is 1.53 bits per heavy atom. The molecule has 15 heavy (non-hydrogen) atoms. The molecule has 0 aromatic rings. The summed E-state index contributed by atoms with van der Waals surface area (Å²) in [7, 11) is -1.51. The summed E-state index contributed by atoms with van der Waals surface area (Å²) in [6.45, 7) is 4.49. The van der Waals surface area contributed by atoms with Crippen molar-refractivity contribution in [3.05, 3.63) is 0 Å². The largest absolute Gasteiger partial charge is 0.385 e. The lowest BCUT2D eigenvalue weighted by Gasteiger charge is -2.32. The average Bonchev–Trinajstić information content (AvgIpc) is 2.18. The van der Waals surface area contributed by atoms with E-state index in [2.05, 4.69) is 5.32 Å². The second-order valence-electron chi connectivity index (χ2n) is 3.83. The van der Waals surface area contributed by atoms with Crippen molar-refractivity contribution in [2.75, 3.05) is 39.1 Å². The van der Waals surface area contributed by atoms with Gasteiger partial charge in [0.25, 0.3) is 0 Å². The quantitative estimate of drug-likeness (QED) is 0.663. The summed E-state index contributed by atoms with van der Waals surface area (Å²) >= 11 is 0. The van der Waals surface area contributed by atoms with E-state index in [0.717, 1.165) is 13.1 Å². The summed E-state index contributed by atoms with van der Waals surface area (Å²) < 4.78 is 30.3. The van der Waals surface area contributed by atoms with Crippen LogP contribution in [0, 0.1) is 0 Å². The van der Waals surface area contributed by atoms with Crippen molar-refractivity contribution in [2.45, 2.75) is 19.4 Å². The highest BCUT2D eigenvalue weighted by molar-refractivity contribution is 7.89. The van der Waals surface area contributed by atoms with Crippen molar-refractivity contribution in [1.29, 1.82) is 0 Å². The fourth-order valence-corrected chi connectivity index (χ4v) is 3.45. The number of hydrogen-bond donors (Lipinski definition) is 1. The van der Waals surface area contributed by atoms with E-state index in [4.69, 9.17) is 4.74 Å². The first-order valence-corrected chi connectivity index (χ1v) is 6.88. The third kappa shape index (κ3) is 3.71. The Morgan fingerprint density at radius 2 is 2.27 bits per heavy atom. The van der Waals surface area contributed by atoms with Gasteiger partial charge in [0.1, 0.15) is 0 Å². The van der Waals surface area contributed by atoms with Crippen molar-refractivity contribution < 1.29 is 13.2 Å². The first-order chi connectivity index (χ1) is 7.08. The molecule has 0 aliphatic carbocycles. The van der Waals surface area contributed by atoms with Gasteiger partial charge in [0.05, 0.1) is 5.75 Å². The lowest BCUT2D eigenvalue weighted by atomic mass is 10.3. The topological polar surface area (TPSA) is 58.6 Å². The van der Waals surface area contributed by atoms with Gasteiger partial charge in [-0.05, 0) is 13.3 Å². The van der Waals surface area contributed by atoms with Gasteiger partial charge in [0, 0.05) is 39.4 Å². The highest BCUT2D eigenvalue weighted by Crippen LogP contribution is 2.10. The van der Waals surface area contributed by atoms with Crippen molar-refractivity contribution in [3.8, 4) is 0 Å². The van der Waals surface area contributed by atoms with E-state index < -0.39 is 10.0 Å². The molecule has 0 bridgehead atoms. The van der Waals surface area contributed by atoms with Crippen LogP contribution in [0.1, 0.15) is 13.3 Å². The van der Waals surface area contributed by atoms with E-state index in [0.29, 0.717) is 19.6 Å². The second-order valence-corrected chi connectivity index (χ2v) is 5.87. The molecule has 0 radical (unpaired) electrons. The molecule has 1 aliphatic rings. The summed E-state index contributed by atoms with van der Waals surface area (Å²) in [4.78, 5) is 0. The Balaban J connectivity index is 2.51. The molecule has 1 rings (SSSR count). The van der Waals surface area contributed by atoms with Crippen molar-refractivity contribution >= 4 is 10.0 Å². The maximum Gasteiger partial charge on any atom is 0.214 e. The maximum atomic E-state index is 11.9. The van der Waals surface area contributed by atoms with Crippen molar-refractivity contribution in [1.82, 2.24) is 9.62 Å². The maximum absolute atomic E-state index is 11.9. The highest BCUT2D eigenvalue weighted by atomic mass is 32.2. The van der Waals surface area contributed by atoms with Crippen LogP contribution in [-0.4, -0.2) is 57.9 Å². The number of piperazine rings is 1. The van der Waals surface area contributed by atoms with Gasteiger partial charge in [-0.2, -0.15) is 4.31 Å². The van der Waals surface area contributed by atoms with E-state index in [1.54, 1.807) is 11.4 Å². The summed E-state index contributed by atoms with van der Waals surface area (Å²) in [5.41, 5.74) is 0. The minimum Gasteiger partial charge on any atom is -0.385 e. The van der Waals surface area contributed by atoms with Crippen LogP contribution in [0.2, 0.25) is 0 Å². The first kappa shape index (κ1) is 12.9. The molecular weight excluding hydrogens is 216 g/mol. The normalized spacial score (nSPS) is 24.3. The van der Waals surface area contributed by atoms with E-state index in [1.807, 2.05) is 6.92 Å². The third-order valence-electron chi connectivity index (χ3n) is 2.55. The Morgan fingerprint density at radius 3 is 2.87 bits per heavy atom. The van der Waals surface area contributed by atoms with Crippen LogP contribution in [0.25, 0.3) is 0 Å². The zero-order valence-corrected chi connectivity index (χ0v) is 10.2. The number of nitrogens with zero attached hydrogens (tertiary/aromatic N) is 1. The van der Waals surface area contributed by atoms with Gasteiger partial charge in [-0.25, -0.2) is 8.42 Å². The predicted octanol–water partition coefficient (Wildman–Crippen LogP) is -0.354. The Labute approximate surface area is 91.8 Å². The molecule has 1 aliphatic heterocycles. The van der Waals surface area contributed by atoms with Gasteiger partial charge < -0.3 is 10.1 Å². The van der Waals surface area contributed by atoms with E-state index in [9.17, 15) is 8.42 Å². The lowest BCUT2D eigenvalue weighted by molar-refractivity contribution is 0.198. The van der Waals surface area contributed by atoms with Gasteiger partial charge >= 0.3 is 0 Å². The molecule has 90 valence electrons. The van der Waals surface area contributed by atoms with Crippen molar-refractivity contribution in [3.63, 3.8) is 0 Å². The zero-order valence-electron chi connectivity index (χ0n) is 9.40. The summed E-state index contributed by atoms with van der Waals surface area (Å²) in [6, 6.07) is 0.0614. The molecule has 1 atom stereocenters. The Kier molecular flexibility index (Phi) is 4.98. The monoisotopic (exact) mass is 236 g/mol. The Hall–Kier alpha value is -0.170. The standard InChI is InChI=1S/C9H20N2O3S/c1-9-8-10-4-5-11(9)15(12,13)7-3-6-14-2/h9-10H,3-8H2,1-2H3/t9-/m0/s1. The zero-order chi connectivity index (χ0) is 11.3. The van der Waals surface area contributed by atoms with E-state index in [-0.39, 0.29) is 11.8 Å². The Bertz CT molecular complexity index is 279. The molecule has 1 N–H and O–H groups in total. The van der Waals surface area contributed by atoms with Crippen LogP contribution in [0.5, 0.6) is 0 Å². The van der Waals surface area contributed by atoms with E-state index in [1.165, 1.54) is 0 Å². The molecule has 1 saturated heterocycles. The van der Waals surface area contributed by atoms with Gasteiger partial charge in [0.2, 0.25) is 10.0 Å². The molecule has 1 fully saturated rings. The van der Waals surface area contributed by atoms with Crippen LogP contribution in [0.4, 0.5) is 0 Å². The molecule has 0 amide bonds. The molecule has 1 heterocycles. The van der Waals surface area contributed by atoms with Crippen LogP contribution >= 0.6 is 0 Å². The number of ether oxygens (including phenoxy) is 1. The molecule has 0 saturated carbocycles. The lowest BCUT2D eigenvalue weighted by Crippen LogP contribution is -2.52. The summed E-state index contributed by atoms with van der Waals surface area (Å²) in [5, 5.41) is 3.17.